The van der Waals surface area contributed by atoms with Crippen molar-refractivity contribution in [1.82, 2.24) is 15.1 Å². The number of nitrogens with zero attached hydrogens (tertiary/aromatic N) is 2. The van der Waals surface area contributed by atoms with E-state index in [-0.39, 0.29) is 5.92 Å². The van der Waals surface area contributed by atoms with Crippen molar-refractivity contribution in [3.8, 4) is 0 Å². The lowest BCUT2D eigenvalue weighted by molar-refractivity contribution is -0.134. The van der Waals surface area contributed by atoms with Crippen molar-refractivity contribution in [2.75, 3.05) is 52.9 Å². The summed E-state index contributed by atoms with van der Waals surface area (Å²) in [5.41, 5.74) is 0. The lowest BCUT2D eigenvalue weighted by Crippen LogP contribution is -2.41. The van der Waals surface area contributed by atoms with Gasteiger partial charge in [-0.2, -0.15) is 0 Å². The summed E-state index contributed by atoms with van der Waals surface area (Å²) in [4.78, 5) is 16.8. The van der Waals surface area contributed by atoms with Crippen LogP contribution in [0.1, 0.15) is 26.2 Å². The van der Waals surface area contributed by atoms with Gasteiger partial charge in [-0.1, -0.05) is 6.92 Å². The number of nitrogens with one attached hydrogen (secondary N) is 1. The first-order chi connectivity index (χ1) is 9.70. The first kappa shape index (κ1) is 15.7. The summed E-state index contributed by atoms with van der Waals surface area (Å²) < 4.78 is 5.71. The summed E-state index contributed by atoms with van der Waals surface area (Å²) in [6.45, 7) is 8.55. The van der Waals surface area contributed by atoms with E-state index in [0.29, 0.717) is 12.0 Å². The van der Waals surface area contributed by atoms with Crippen molar-refractivity contribution in [2.24, 2.45) is 5.92 Å². The zero-order valence-corrected chi connectivity index (χ0v) is 12.9. The highest BCUT2D eigenvalue weighted by Gasteiger charge is 2.25. The largest absolute Gasteiger partial charge is 0.377 e. The molecule has 5 heteroatoms. The first-order valence-electron chi connectivity index (χ1n) is 7.98. The maximum atomic E-state index is 12.3. The molecule has 0 saturated carbocycles. The molecule has 2 aliphatic heterocycles. The number of ether oxygens (including phenoxy) is 1. The van der Waals surface area contributed by atoms with Crippen LogP contribution in [0.25, 0.3) is 0 Å². The minimum absolute atomic E-state index is 0.0738. The van der Waals surface area contributed by atoms with Gasteiger partial charge < -0.3 is 15.0 Å². The molecule has 2 heterocycles. The predicted octanol–water partition coefficient (Wildman–Crippen LogP) is 0.555. The number of carbonyl (C=O) groups excluding carboxylic acids is 1. The maximum Gasteiger partial charge on any atom is 0.226 e. The van der Waals surface area contributed by atoms with E-state index >= 15 is 0 Å². The predicted molar refractivity (Wildman–Crippen MR) is 79.7 cm³/mol. The second-order valence-corrected chi connectivity index (χ2v) is 6.07. The van der Waals surface area contributed by atoms with E-state index in [0.717, 1.165) is 52.3 Å². The summed E-state index contributed by atoms with van der Waals surface area (Å²) in [5, 5.41) is 3.09. The summed E-state index contributed by atoms with van der Waals surface area (Å²) >= 11 is 0. The van der Waals surface area contributed by atoms with Crippen LogP contribution in [0.15, 0.2) is 0 Å². The summed E-state index contributed by atoms with van der Waals surface area (Å²) in [6, 6.07) is 0. The zero-order chi connectivity index (χ0) is 14.4. The van der Waals surface area contributed by atoms with Crippen molar-refractivity contribution in [3.05, 3.63) is 0 Å². The fourth-order valence-corrected chi connectivity index (χ4v) is 3.16. The molecular weight excluding hydrogens is 254 g/mol. The molecule has 2 saturated heterocycles. The van der Waals surface area contributed by atoms with Crippen molar-refractivity contribution in [3.63, 3.8) is 0 Å². The van der Waals surface area contributed by atoms with E-state index in [1.54, 1.807) is 0 Å². The Balaban J connectivity index is 1.77. The van der Waals surface area contributed by atoms with E-state index in [1.165, 1.54) is 12.8 Å². The second kappa shape index (κ2) is 7.96. The standard InChI is InChI=1S/C15H29N3O2/c1-13(11-16-2)15(19)18-7-4-6-17(8-9-18)12-14-5-3-10-20-14/h13-14,16H,3-12H2,1-2H3. The van der Waals surface area contributed by atoms with E-state index in [2.05, 4.69) is 10.2 Å². The van der Waals surface area contributed by atoms with Crippen molar-refractivity contribution in [1.29, 1.82) is 0 Å². The van der Waals surface area contributed by atoms with Crippen LogP contribution in [0.5, 0.6) is 0 Å². The molecule has 2 unspecified atom stereocenters. The molecule has 1 amide bonds. The molecule has 0 bridgehead atoms. The molecule has 0 aromatic heterocycles. The van der Waals surface area contributed by atoms with Crippen LogP contribution < -0.4 is 5.32 Å². The van der Waals surface area contributed by atoms with Gasteiger partial charge in [0.2, 0.25) is 5.91 Å². The number of carbonyl (C=O) groups is 1. The molecule has 0 radical (unpaired) electrons. The van der Waals surface area contributed by atoms with Crippen molar-refractivity contribution >= 4 is 5.91 Å². The summed E-state index contributed by atoms with van der Waals surface area (Å²) in [6.07, 6.45) is 3.88. The number of hydrogen-bond acceptors (Lipinski definition) is 4. The van der Waals surface area contributed by atoms with Gasteiger partial charge in [-0.05, 0) is 32.9 Å². The Morgan fingerprint density at radius 2 is 2.15 bits per heavy atom. The average Bonchev–Trinajstić information content (AvgIpc) is 2.83. The summed E-state index contributed by atoms with van der Waals surface area (Å²) in [5.74, 6) is 0.364. The normalized spacial score (nSPS) is 26.5. The monoisotopic (exact) mass is 283 g/mol. The van der Waals surface area contributed by atoms with Crippen LogP contribution >= 0.6 is 0 Å². The Kier molecular flexibility index (Phi) is 6.26. The van der Waals surface area contributed by atoms with Gasteiger partial charge in [-0.25, -0.2) is 0 Å². The van der Waals surface area contributed by atoms with Crippen LogP contribution in [0.4, 0.5) is 0 Å². The Hall–Kier alpha value is -0.650. The molecule has 0 spiro atoms. The van der Waals surface area contributed by atoms with E-state index < -0.39 is 0 Å². The van der Waals surface area contributed by atoms with Crippen molar-refractivity contribution in [2.45, 2.75) is 32.3 Å². The van der Waals surface area contributed by atoms with Crippen LogP contribution in [0, 0.1) is 5.92 Å². The van der Waals surface area contributed by atoms with Gasteiger partial charge in [0.15, 0.2) is 0 Å². The molecular formula is C15H29N3O2. The van der Waals surface area contributed by atoms with Crippen molar-refractivity contribution < 1.29 is 9.53 Å². The Bertz CT molecular complexity index is 305. The Labute approximate surface area is 122 Å². The molecule has 5 nitrogen and oxygen atoms in total. The molecule has 2 fully saturated rings. The lowest BCUT2D eigenvalue weighted by atomic mass is 10.1. The van der Waals surface area contributed by atoms with E-state index in [1.807, 2.05) is 18.9 Å². The minimum atomic E-state index is 0.0738. The third-order valence-corrected chi connectivity index (χ3v) is 4.32. The molecule has 2 atom stereocenters. The third kappa shape index (κ3) is 4.43. The Morgan fingerprint density at radius 1 is 1.30 bits per heavy atom. The van der Waals surface area contributed by atoms with Gasteiger partial charge in [0, 0.05) is 45.2 Å². The lowest BCUT2D eigenvalue weighted by Gasteiger charge is -2.25. The minimum Gasteiger partial charge on any atom is -0.377 e. The molecule has 0 aromatic rings. The van der Waals surface area contributed by atoms with Gasteiger partial charge in [0.05, 0.1) is 6.10 Å². The van der Waals surface area contributed by atoms with Crippen LogP contribution in [0.2, 0.25) is 0 Å². The maximum absolute atomic E-state index is 12.3. The highest BCUT2D eigenvalue weighted by molar-refractivity contribution is 5.78. The number of rotatable bonds is 5. The zero-order valence-electron chi connectivity index (χ0n) is 12.9. The summed E-state index contributed by atoms with van der Waals surface area (Å²) in [7, 11) is 1.90. The highest BCUT2D eigenvalue weighted by atomic mass is 16.5. The third-order valence-electron chi connectivity index (χ3n) is 4.32. The fourth-order valence-electron chi connectivity index (χ4n) is 3.16. The fraction of sp³-hybridized carbons (Fsp3) is 0.933. The molecule has 116 valence electrons. The van der Waals surface area contributed by atoms with Gasteiger partial charge >= 0.3 is 0 Å². The molecule has 0 aromatic carbocycles. The number of hydrogen-bond donors (Lipinski definition) is 1. The molecule has 2 aliphatic rings. The number of amides is 1. The molecule has 20 heavy (non-hydrogen) atoms. The van der Waals surface area contributed by atoms with Gasteiger partial charge in [0.1, 0.15) is 0 Å². The SMILES string of the molecule is CNCC(C)C(=O)N1CCCN(CC2CCCO2)CC1. The van der Waals surface area contributed by atoms with Crippen LogP contribution in [-0.4, -0.2) is 74.7 Å². The van der Waals surface area contributed by atoms with Crippen LogP contribution in [-0.2, 0) is 9.53 Å². The Morgan fingerprint density at radius 3 is 2.85 bits per heavy atom. The topological polar surface area (TPSA) is 44.8 Å². The quantitative estimate of drug-likeness (QED) is 0.800. The van der Waals surface area contributed by atoms with E-state index in [9.17, 15) is 4.79 Å². The van der Waals surface area contributed by atoms with Crippen LogP contribution in [0.3, 0.4) is 0 Å². The van der Waals surface area contributed by atoms with Gasteiger partial charge in [-0.3, -0.25) is 9.69 Å². The average molecular weight is 283 g/mol. The molecule has 0 aliphatic carbocycles. The highest BCUT2D eigenvalue weighted by Crippen LogP contribution is 2.15. The van der Waals surface area contributed by atoms with Gasteiger partial charge in [0.25, 0.3) is 0 Å². The van der Waals surface area contributed by atoms with E-state index in [4.69, 9.17) is 4.74 Å². The molecule has 1 N–H and O–H groups in total. The second-order valence-electron chi connectivity index (χ2n) is 6.07. The molecule has 2 rings (SSSR count). The smallest absolute Gasteiger partial charge is 0.226 e. The first-order valence-corrected chi connectivity index (χ1v) is 7.98. The van der Waals surface area contributed by atoms with Gasteiger partial charge in [-0.15, -0.1) is 0 Å².